The second kappa shape index (κ2) is 5.73. The molecule has 1 saturated heterocycles. The molecule has 3 nitrogen and oxygen atoms in total. The van der Waals surface area contributed by atoms with Crippen LogP contribution < -0.4 is 0 Å². The summed E-state index contributed by atoms with van der Waals surface area (Å²) in [5.41, 5.74) is 2.27. The first-order valence-electron chi connectivity index (χ1n) is 8.29. The van der Waals surface area contributed by atoms with Gasteiger partial charge in [0.15, 0.2) is 0 Å². The van der Waals surface area contributed by atoms with Gasteiger partial charge in [0, 0.05) is 23.9 Å². The van der Waals surface area contributed by atoms with Crippen LogP contribution in [0, 0.1) is 17.8 Å². The van der Waals surface area contributed by atoms with Crippen LogP contribution in [0.15, 0.2) is 65.5 Å². The molecule has 2 heterocycles. The number of likely N-dealkylation sites (tertiary alicyclic amines) is 1. The molecular formula is C20H21NO2. The summed E-state index contributed by atoms with van der Waals surface area (Å²) >= 11 is 0. The van der Waals surface area contributed by atoms with E-state index in [1.54, 1.807) is 12.5 Å². The van der Waals surface area contributed by atoms with E-state index in [1.165, 1.54) is 5.56 Å². The van der Waals surface area contributed by atoms with Crippen molar-refractivity contribution in [2.45, 2.75) is 25.9 Å². The lowest BCUT2D eigenvalue weighted by Gasteiger charge is -2.28. The maximum atomic E-state index is 13.1. The lowest BCUT2D eigenvalue weighted by molar-refractivity contribution is -0.134. The maximum absolute atomic E-state index is 13.1. The minimum atomic E-state index is 0.0745. The van der Waals surface area contributed by atoms with Gasteiger partial charge in [-0.05, 0) is 24.0 Å². The third-order valence-corrected chi connectivity index (χ3v) is 5.24. The van der Waals surface area contributed by atoms with E-state index in [9.17, 15) is 4.79 Å². The van der Waals surface area contributed by atoms with E-state index in [-0.39, 0.29) is 23.8 Å². The van der Waals surface area contributed by atoms with Gasteiger partial charge in [-0.1, -0.05) is 49.4 Å². The molecule has 1 aromatic heterocycles. The third-order valence-electron chi connectivity index (χ3n) is 5.24. The number of hydrogen-bond donors (Lipinski definition) is 0. The lowest BCUT2D eigenvalue weighted by Crippen LogP contribution is -2.30. The monoisotopic (exact) mass is 307 g/mol. The zero-order valence-corrected chi connectivity index (χ0v) is 13.3. The average Bonchev–Trinajstić information content (AvgIpc) is 3.17. The standard InChI is InChI=1S/C20H21NO2/c1-14-6-5-9-17-18(14)20(22)21(12-15-7-3-2-4-8-15)19(17)16-10-11-23-13-16/h2-5,7-11,13-14,17-19H,6,12H2,1H3/t14-,17+,18+,19-/m0/s1. The molecule has 118 valence electrons. The first kappa shape index (κ1) is 14.3. The van der Waals surface area contributed by atoms with E-state index in [4.69, 9.17) is 4.42 Å². The van der Waals surface area contributed by atoms with Crippen LogP contribution in [-0.4, -0.2) is 10.8 Å². The van der Waals surface area contributed by atoms with Gasteiger partial charge >= 0.3 is 0 Å². The van der Waals surface area contributed by atoms with Crippen LogP contribution >= 0.6 is 0 Å². The summed E-state index contributed by atoms with van der Waals surface area (Å²) in [6.45, 7) is 2.85. The highest BCUT2D eigenvalue weighted by Crippen LogP contribution is 2.48. The Hall–Kier alpha value is -2.29. The van der Waals surface area contributed by atoms with Crippen molar-refractivity contribution in [3.8, 4) is 0 Å². The topological polar surface area (TPSA) is 33.5 Å². The van der Waals surface area contributed by atoms with Crippen molar-refractivity contribution >= 4 is 5.91 Å². The number of hydrogen-bond acceptors (Lipinski definition) is 2. The van der Waals surface area contributed by atoms with Crippen molar-refractivity contribution in [3.05, 3.63) is 72.2 Å². The highest BCUT2D eigenvalue weighted by molar-refractivity contribution is 5.83. The van der Waals surface area contributed by atoms with Gasteiger partial charge in [-0.15, -0.1) is 0 Å². The van der Waals surface area contributed by atoms with Crippen molar-refractivity contribution in [1.29, 1.82) is 0 Å². The van der Waals surface area contributed by atoms with E-state index in [0.717, 1.165) is 12.0 Å². The van der Waals surface area contributed by atoms with Crippen molar-refractivity contribution in [1.82, 2.24) is 4.90 Å². The summed E-state index contributed by atoms with van der Waals surface area (Å²) < 4.78 is 5.31. The quantitative estimate of drug-likeness (QED) is 0.797. The number of carbonyl (C=O) groups is 1. The molecule has 4 atom stereocenters. The normalized spacial score (nSPS) is 29.8. The summed E-state index contributed by atoms with van der Waals surface area (Å²) in [7, 11) is 0. The number of fused-ring (bicyclic) bond motifs is 1. The van der Waals surface area contributed by atoms with Crippen molar-refractivity contribution in [2.75, 3.05) is 0 Å². The summed E-state index contributed by atoms with van der Waals surface area (Å²) in [6.07, 6.45) is 8.95. The minimum absolute atomic E-state index is 0.0745. The van der Waals surface area contributed by atoms with Crippen LogP contribution in [0.4, 0.5) is 0 Å². The van der Waals surface area contributed by atoms with Crippen molar-refractivity contribution in [3.63, 3.8) is 0 Å². The van der Waals surface area contributed by atoms with E-state index < -0.39 is 0 Å². The predicted molar refractivity (Wildman–Crippen MR) is 88.3 cm³/mol. The molecule has 2 aliphatic rings. The Kier molecular flexibility index (Phi) is 3.56. The Morgan fingerprint density at radius 2 is 2.04 bits per heavy atom. The summed E-state index contributed by atoms with van der Waals surface area (Å²) in [5.74, 6) is 1.01. The van der Waals surface area contributed by atoms with Gasteiger partial charge in [-0.3, -0.25) is 4.79 Å². The average molecular weight is 307 g/mol. The zero-order valence-electron chi connectivity index (χ0n) is 13.3. The number of amides is 1. The largest absolute Gasteiger partial charge is 0.472 e. The molecule has 1 amide bonds. The SMILES string of the molecule is C[C@H]1CC=C[C@@H]2[C@@H]1C(=O)N(Cc1ccccc1)[C@H]2c1ccoc1. The number of allylic oxidation sites excluding steroid dienone is 1. The van der Waals surface area contributed by atoms with Gasteiger partial charge in [0.25, 0.3) is 0 Å². The number of nitrogens with zero attached hydrogens (tertiary/aromatic N) is 1. The first-order valence-corrected chi connectivity index (χ1v) is 8.29. The maximum Gasteiger partial charge on any atom is 0.227 e. The van der Waals surface area contributed by atoms with Gasteiger partial charge in [0.05, 0.1) is 18.6 Å². The molecule has 2 aromatic rings. The highest BCUT2D eigenvalue weighted by Gasteiger charge is 2.50. The summed E-state index contributed by atoms with van der Waals surface area (Å²) in [4.78, 5) is 15.2. The van der Waals surface area contributed by atoms with Crippen LogP contribution in [0.2, 0.25) is 0 Å². The first-order chi connectivity index (χ1) is 11.3. The molecule has 0 N–H and O–H groups in total. The van der Waals surface area contributed by atoms with Crippen LogP contribution in [0.3, 0.4) is 0 Å². The van der Waals surface area contributed by atoms with E-state index in [0.29, 0.717) is 12.5 Å². The molecule has 1 aromatic carbocycles. The smallest absolute Gasteiger partial charge is 0.227 e. The fourth-order valence-corrected chi connectivity index (χ4v) is 4.14. The molecule has 0 radical (unpaired) electrons. The van der Waals surface area contributed by atoms with Crippen molar-refractivity contribution in [2.24, 2.45) is 17.8 Å². The Labute approximate surface area is 136 Å². The highest BCUT2D eigenvalue weighted by atomic mass is 16.3. The fraction of sp³-hybridized carbons (Fsp3) is 0.350. The molecule has 0 unspecified atom stereocenters. The van der Waals surface area contributed by atoms with Crippen molar-refractivity contribution < 1.29 is 9.21 Å². The Bertz CT molecular complexity index is 705. The molecule has 1 fully saturated rings. The fourth-order valence-electron chi connectivity index (χ4n) is 4.14. The van der Waals surface area contributed by atoms with Crippen LogP contribution in [-0.2, 0) is 11.3 Å². The van der Waals surface area contributed by atoms with Crippen LogP contribution in [0.1, 0.15) is 30.5 Å². The molecule has 23 heavy (non-hydrogen) atoms. The zero-order chi connectivity index (χ0) is 15.8. The van der Waals surface area contributed by atoms with Crippen LogP contribution in [0.25, 0.3) is 0 Å². The molecule has 1 aliphatic heterocycles. The molecule has 0 bridgehead atoms. The van der Waals surface area contributed by atoms with E-state index >= 15 is 0 Å². The lowest BCUT2D eigenvalue weighted by atomic mass is 9.75. The Balaban J connectivity index is 1.73. The number of rotatable bonds is 3. The number of benzene rings is 1. The number of furan rings is 1. The second-order valence-corrected chi connectivity index (χ2v) is 6.70. The number of carbonyl (C=O) groups excluding carboxylic acids is 1. The van der Waals surface area contributed by atoms with Gasteiger partial charge in [0.2, 0.25) is 5.91 Å². The molecule has 1 aliphatic carbocycles. The minimum Gasteiger partial charge on any atom is -0.472 e. The van der Waals surface area contributed by atoms with E-state index in [1.807, 2.05) is 29.2 Å². The Morgan fingerprint density at radius 1 is 1.22 bits per heavy atom. The molecular weight excluding hydrogens is 286 g/mol. The molecule has 4 rings (SSSR count). The molecule has 3 heteroatoms. The summed E-state index contributed by atoms with van der Waals surface area (Å²) in [6, 6.07) is 12.3. The van der Waals surface area contributed by atoms with Gasteiger partial charge in [0.1, 0.15) is 0 Å². The van der Waals surface area contributed by atoms with E-state index in [2.05, 4.69) is 31.2 Å². The van der Waals surface area contributed by atoms with Crippen LogP contribution in [0.5, 0.6) is 0 Å². The predicted octanol–water partition coefficient (Wildman–Crippen LogP) is 4.19. The molecule has 0 spiro atoms. The second-order valence-electron chi connectivity index (χ2n) is 6.70. The summed E-state index contributed by atoms with van der Waals surface area (Å²) in [5, 5.41) is 0. The van der Waals surface area contributed by atoms with Gasteiger partial charge in [-0.25, -0.2) is 0 Å². The Morgan fingerprint density at radius 3 is 2.78 bits per heavy atom. The molecule has 0 saturated carbocycles. The van der Waals surface area contributed by atoms with Gasteiger partial charge in [-0.2, -0.15) is 0 Å². The van der Waals surface area contributed by atoms with Gasteiger partial charge < -0.3 is 9.32 Å². The third kappa shape index (κ3) is 2.40.